The molecule has 2 heterocycles. The summed E-state index contributed by atoms with van der Waals surface area (Å²) in [6.07, 6.45) is 2.92. The molecular formula is C12H18N4OS. The van der Waals surface area contributed by atoms with Crippen molar-refractivity contribution in [3.05, 3.63) is 11.4 Å². The third-order valence-corrected chi connectivity index (χ3v) is 3.48. The summed E-state index contributed by atoms with van der Waals surface area (Å²) < 4.78 is 0. The SMILES string of the molecule is CNc1nc(NCCCCCO)c2ccsc2n1. The Bertz CT molecular complexity index is 500. The highest BCUT2D eigenvalue weighted by Gasteiger charge is 2.07. The highest BCUT2D eigenvalue weighted by molar-refractivity contribution is 7.16. The molecular weight excluding hydrogens is 248 g/mol. The van der Waals surface area contributed by atoms with E-state index >= 15 is 0 Å². The molecule has 0 unspecified atom stereocenters. The van der Waals surface area contributed by atoms with E-state index in [9.17, 15) is 0 Å². The molecule has 5 nitrogen and oxygen atoms in total. The summed E-state index contributed by atoms with van der Waals surface area (Å²) in [5, 5.41) is 18.1. The molecule has 2 aromatic heterocycles. The van der Waals surface area contributed by atoms with Crippen LogP contribution in [0, 0.1) is 0 Å². The van der Waals surface area contributed by atoms with Gasteiger partial charge in [0.15, 0.2) is 0 Å². The second kappa shape index (κ2) is 6.51. The number of rotatable bonds is 7. The largest absolute Gasteiger partial charge is 0.396 e. The summed E-state index contributed by atoms with van der Waals surface area (Å²) in [4.78, 5) is 9.82. The Morgan fingerprint density at radius 3 is 2.94 bits per heavy atom. The van der Waals surface area contributed by atoms with Crippen LogP contribution in [0.1, 0.15) is 19.3 Å². The second-order valence-electron chi connectivity index (χ2n) is 4.00. The number of aliphatic hydroxyl groups is 1. The van der Waals surface area contributed by atoms with Crippen molar-refractivity contribution in [2.24, 2.45) is 0 Å². The fraction of sp³-hybridized carbons (Fsp3) is 0.500. The summed E-state index contributed by atoms with van der Waals surface area (Å²) in [7, 11) is 1.82. The third-order valence-electron chi connectivity index (χ3n) is 2.68. The molecule has 0 saturated carbocycles. The van der Waals surface area contributed by atoms with Gasteiger partial charge in [0.05, 0.1) is 5.39 Å². The number of aromatic nitrogens is 2. The predicted octanol–water partition coefficient (Wildman–Crippen LogP) is 2.31. The molecule has 6 heteroatoms. The first-order valence-corrected chi connectivity index (χ1v) is 7.01. The van der Waals surface area contributed by atoms with E-state index in [2.05, 4.69) is 20.6 Å². The molecule has 3 N–H and O–H groups in total. The van der Waals surface area contributed by atoms with Crippen LogP contribution in [-0.2, 0) is 0 Å². The standard InChI is InChI=1S/C12H18N4OS/c1-13-12-15-10(14-6-3-2-4-7-17)9-5-8-18-11(9)16-12/h5,8,17H,2-4,6-7H2,1H3,(H2,13,14,15,16). The molecule has 2 rings (SSSR count). The van der Waals surface area contributed by atoms with E-state index in [0.29, 0.717) is 5.95 Å². The zero-order chi connectivity index (χ0) is 12.8. The Morgan fingerprint density at radius 2 is 2.17 bits per heavy atom. The van der Waals surface area contributed by atoms with Crippen LogP contribution in [0.5, 0.6) is 0 Å². The smallest absolute Gasteiger partial charge is 0.225 e. The minimum atomic E-state index is 0.270. The number of anilines is 2. The van der Waals surface area contributed by atoms with Crippen molar-refractivity contribution in [2.75, 3.05) is 30.8 Å². The molecule has 0 atom stereocenters. The highest BCUT2D eigenvalue weighted by Crippen LogP contribution is 2.26. The second-order valence-corrected chi connectivity index (χ2v) is 4.89. The minimum absolute atomic E-state index is 0.270. The normalized spacial score (nSPS) is 10.8. The van der Waals surface area contributed by atoms with Gasteiger partial charge in [-0.05, 0) is 30.7 Å². The Morgan fingerprint density at radius 1 is 1.28 bits per heavy atom. The number of unbranched alkanes of at least 4 members (excludes halogenated alkanes) is 2. The van der Waals surface area contributed by atoms with Crippen LogP contribution in [0.25, 0.3) is 10.2 Å². The van der Waals surface area contributed by atoms with Crippen molar-refractivity contribution in [1.82, 2.24) is 9.97 Å². The number of fused-ring (bicyclic) bond motifs is 1. The lowest BCUT2D eigenvalue weighted by Gasteiger charge is -2.08. The van der Waals surface area contributed by atoms with E-state index in [1.165, 1.54) is 0 Å². The minimum Gasteiger partial charge on any atom is -0.396 e. The van der Waals surface area contributed by atoms with Crippen LogP contribution >= 0.6 is 11.3 Å². The first-order chi connectivity index (χ1) is 8.85. The first kappa shape index (κ1) is 13.0. The fourth-order valence-electron chi connectivity index (χ4n) is 1.72. The fourth-order valence-corrected chi connectivity index (χ4v) is 2.49. The molecule has 0 aliphatic rings. The molecule has 0 fully saturated rings. The average Bonchev–Trinajstić information content (AvgIpc) is 2.86. The van der Waals surface area contributed by atoms with Crippen molar-refractivity contribution in [3.8, 4) is 0 Å². The zero-order valence-electron chi connectivity index (χ0n) is 10.4. The first-order valence-electron chi connectivity index (χ1n) is 6.13. The van der Waals surface area contributed by atoms with Gasteiger partial charge in [-0.2, -0.15) is 4.98 Å². The van der Waals surface area contributed by atoms with E-state index in [4.69, 9.17) is 5.11 Å². The lowest BCUT2D eigenvalue weighted by Crippen LogP contribution is -2.06. The van der Waals surface area contributed by atoms with Gasteiger partial charge in [-0.1, -0.05) is 0 Å². The molecule has 98 valence electrons. The number of aliphatic hydroxyl groups excluding tert-OH is 1. The van der Waals surface area contributed by atoms with Gasteiger partial charge in [0.1, 0.15) is 10.6 Å². The van der Waals surface area contributed by atoms with Crippen molar-refractivity contribution in [3.63, 3.8) is 0 Å². The molecule has 0 aromatic carbocycles. The van der Waals surface area contributed by atoms with Gasteiger partial charge in [-0.15, -0.1) is 11.3 Å². The highest BCUT2D eigenvalue weighted by atomic mass is 32.1. The van der Waals surface area contributed by atoms with Crippen molar-refractivity contribution in [1.29, 1.82) is 0 Å². The number of hydrogen-bond acceptors (Lipinski definition) is 6. The Balaban J connectivity index is 2.04. The van der Waals surface area contributed by atoms with Crippen LogP contribution in [0.15, 0.2) is 11.4 Å². The number of nitrogens with one attached hydrogen (secondary N) is 2. The van der Waals surface area contributed by atoms with Crippen LogP contribution in [0.2, 0.25) is 0 Å². The number of nitrogens with zero attached hydrogens (tertiary/aromatic N) is 2. The molecule has 0 aliphatic carbocycles. The summed E-state index contributed by atoms with van der Waals surface area (Å²) >= 11 is 1.61. The molecule has 2 aromatic rings. The van der Waals surface area contributed by atoms with E-state index < -0.39 is 0 Å². The van der Waals surface area contributed by atoms with Crippen molar-refractivity contribution < 1.29 is 5.11 Å². The quantitative estimate of drug-likeness (QED) is 0.671. The molecule has 0 radical (unpaired) electrons. The molecule has 0 amide bonds. The van der Waals surface area contributed by atoms with Crippen molar-refractivity contribution >= 4 is 33.3 Å². The lowest BCUT2D eigenvalue weighted by atomic mass is 10.2. The Hall–Kier alpha value is -1.40. The van der Waals surface area contributed by atoms with Crippen LogP contribution in [-0.4, -0.2) is 35.3 Å². The summed E-state index contributed by atoms with van der Waals surface area (Å²) in [5.41, 5.74) is 0. The maximum atomic E-state index is 8.72. The summed E-state index contributed by atoms with van der Waals surface area (Å²) in [5.74, 6) is 1.53. The number of hydrogen-bond donors (Lipinski definition) is 3. The van der Waals surface area contributed by atoms with Gasteiger partial charge in [-0.3, -0.25) is 0 Å². The Labute approximate surface area is 110 Å². The zero-order valence-corrected chi connectivity index (χ0v) is 11.3. The van der Waals surface area contributed by atoms with Gasteiger partial charge in [-0.25, -0.2) is 4.98 Å². The van der Waals surface area contributed by atoms with Gasteiger partial charge < -0.3 is 15.7 Å². The van der Waals surface area contributed by atoms with Crippen LogP contribution < -0.4 is 10.6 Å². The van der Waals surface area contributed by atoms with E-state index in [0.717, 1.165) is 41.8 Å². The Kier molecular flexibility index (Phi) is 4.72. The maximum absolute atomic E-state index is 8.72. The average molecular weight is 266 g/mol. The van der Waals surface area contributed by atoms with Crippen LogP contribution in [0.3, 0.4) is 0 Å². The van der Waals surface area contributed by atoms with Crippen LogP contribution in [0.4, 0.5) is 11.8 Å². The summed E-state index contributed by atoms with van der Waals surface area (Å²) in [6, 6.07) is 2.04. The molecule has 0 bridgehead atoms. The predicted molar refractivity (Wildman–Crippen MR) is 76.4 cm³/mol. The van der Waals surface area contributed by atoms with Crippen molar-refractivity contribution in [2.45, 2.75) is 19.3 Å². The lowest BCUT2D eigenvalue weighted by molar-refractivity contribution is 0.283. The van der Waals surface area contributed by atoms with Gasteiger partial charge >= 0.3 is 0 Å². The van der Waals surface area contributed by atoms with Gasteiger partial charge in [0.2, 0.25) is 5.95 Å². The van der Waals surface area contributed by atoms with Gasteiger partial charge in [0, 0.05) is 20.2 Å². The molecule has 18 heavy (non-hydrogen) atoms. The topological polar surface area (TPSA) is 70.1 Å². The monoisotopic (exact) mass is 266 g/mol. The van der Waals surface area contributed by atoms with E-state index in [1.54, 1.807) is 11.3 Å². The van der Waals surface area contributed by atoms with E-state index in [1.807, 2.05) is 18.5 Å². The maximum Gasteiger partial charge on any atom is 0.225 e. The molecule has 0 aliphatic heterocycles. The summed E-state index contributed by atoms with van der Waals surface area (Å²) in [6.45, 7) is 1.14. The molecule has 0 saturated heterocycles. The third kappa shape index (κ3) is 3.08. The van der Waals surface area contributed by atoms with Gasteiger partial charge in [0.25, 0.3) is 0 Å². The number of thiophene rings is 1. The molecule has 0 spiro atoms. The van der Waals surface area contributed by atoms with E-state index in [-0.39, 0.29) is 6.61 Å².